The maximum Gasteiger partial charge on any atom is 0.324 e. The topological polar surface area (TPSA) is 139 Å². The Bertz CT molecular complexity index is 1030. The van der Waals surface area contributed by atoms with Crippen molar-refractivity contribution in [2.24, 2.45) is 5.14 Å². The number of nitrogens with zero attached hydrogens (tertiary/aromatic N) is 1. The molecule has 0 atom stereocenters. The van der Waals surface area contributed by atoms with Gasteiger partial charge in [-0.05, 0) is 35.7 Å². The summed E-state index contributed by atoms with van der Waals surface area (Å²) in [5.74, 6) is -0.665. The highest BCUT2D eigenvalue weighted by atomic mass is 32.2. The molecule has 0 spiro atoms. The lowest BCUT2D eigenvalue weighted by molar-refractivity contribution is -0.125. The molecule has 0 unspecified atom stereocenters. The molecule has 0 radical (unpaired) electrons. The summed E-state index contributed by atoms with van der Waals surface area (Å²) < 4.78 is 22.5. The number of rotatable bonds is 7. The lowest BCUT2D eigenvalue weighted by Crippen LogP contribution is -2.32. The number of carbonyl (C=O) groups excluding carboxylic acids is 3. The minimum atomic E-state index is -3.74. The second-order valence-electron chi connectivity index (χ2n) is 6.49. The summed E-state index contributed by atoms with van der Waals surface area (Å²) in [5, 5.41) is 10.3. The van der Waals surface area contributed by atoms with E-state index in [4.69, 9.17) is 5.14 Å². The molecule has 3 rings (SSSR count). The van der Waals surface area contributed by atoms with E-state index in [-0.39, 0.29) is 29.8 Å². The quantitative estimate of drug-likeness (QED) is 0.559. The lowest BCUT2D eigenvalue weighted by Gasteiger charge is -2.15. The molecule has 0 bridgehead atoms. The molecular formula is C19H20N4O5S. The van der Waals surface area contributed by atoms with Crippen LogP contribution in [-0.4, -0.2) is 44.3 Å². The summed E-state index contributed by atoms with van der Waals surface area (Å²) in [6.07, 6.45) is 0.492. The Balaban J connectivity index is 1.61. The van der Waals surface area contributed by atoms with Crippen molar-refractivity contribution in [2.75, 3.05) is 13.1 Å². The first-order valence-electron chi connectivity index (χ1n) is 8.82. The van der Waals surface area contributed by atoms with Gasteiger partial charge in [-0.3, -0.25) is 14.5 Å². The van der Waals surface area contributed by atoms with Crippen LogP contribution < -0.4 is 15.8 Å². The molecule has 152 valence electrons. The third kappa shape index (κ3) is 4.98. The number of carbonyl (C=O) groups is 3. The number of hydrogen-bond acceptors (Lipinski definition) is 5. The van der Waals surface area contributed by atoms with Crippen LogP contribution in [0, 0.1) is 0 Å². The van der Waals surface area contributed by atoms with Gasteiger partial charge in [0.05, 0.1) is 18.0 Å². The van der Waals surface area contributed by atoms with Gasteiger partial charge in [0.1, 0.15) is 0 Å². The number of nitrogens with one attached hydrogen (secondary N) is 2. The van der Waals surface area contributed by atoms with Crippen LogP contribution in [-0.2, 0) is 27.8 Å². The summed E-state index contributed by atoms with van der Waals surface area (Å²) in [4.78, 5) is 37.2. The molecule has 2 aromatic rings. The fourth-order valence-electron chi connectivity index (χ4n) is 2.93. The van der Waals surface area contributed by atoms with Crippen LogP contribution in [0.5, 0.6) is 0 Å². The van der Waals surface area contributed by atoms with E-state index in [1.165, 1.54) is 12.1 Å². The number of amides is 4. The second kappa shape index (κ2) is 8.41. The molecule has 9 nitrogen and oxygen atoms in total. The molecule has 1 saturated heterocycles. The van der Waals surface area contributed by atoms with Crippen molar-refractivity contribution in [3.63, 3.8) is 0 Å². The molecule has 4 N–H and O–H groups in total. The van der Waals surface area contributed by atoms with Crippen molar-refractivity contribution in [1.29, 1.82) is 0 Å². The fourth-order valence-corrected chi connectivity index (χ4v) is 3.44. The van der Waals surface area contributed by atoms with Gasteiger partial charge in [0.25, 0.3) is 5.91 Å². The first-order valence-corrected chi connectivity index (χ1v) is 10.4. The number of urea groups is 1. The van der Waals surface area contributed by atoms with Crippen molar-refractivity contribution in [2.45, 2.75) is 17.9 Å². The number of sulfonamides is 1. The van der Waals surface area contributed by atoms with Gasteiger partial charge in [0.15, 0.2) is 0 Å². The van der Waals surface area contributed by atoms with Crippen molar-refractivity contribution in [3.8, 4) is 0 Å². The first-order chi connectivity index (χ1) is 13.8. The molecule has 0 saturated carbocycles. The summed E-state index contributed by atoms with van der Waals surface area (Å²) in [6, 6.07) is 12.4. The number of nitrogens with two attached hydrogens (primary N) is 1. The highest BCUT2D eigenvalue weighted by molar-refractivity contribution is 7.89. The maximum atomic E-state index is 12.6. The van der Waals surface area contributed by atoms with Crippen molar-refractivity contribution >= 4 is 27.9 Å². The summed E-state index contributed by atoms with van der Waals surface area (Å²) in [5.41, 5.74) is 1.78. The SMILES string of the molecule is NS(=O)(=O)c1ccc(CCNC(=O)c2ccccc2CN2C(=O)CNC2=O)cc1. The zero-order valence-corrected chi connectivity index (χ0v) is 16.2. The second-order valence-corrected chi connectivity index (χ2v) is 8.05. The number of hydrogen-bond donors (Lipinski definition) is 3. The largest absolute Gasteiger partial charge is 0.352 e. The van der Waals surface area contributed by atoms with Gasteiger partial charge in [-0.15, -0.1) is 0 Å². The zero-order valence-electron chi connectivity index (χ0n) is 15.4. The van der Waals surface area contributed by atoms with E-state index in [9.17, 15) is 22.8 Å². The Morgan fingerprint density at radius 3 is 2.41 bits per heavy atom. The maximum absolute atomic E-state index is 12.6. The number of benzene rings is 2. The van der Waals surface area contributed by atoms with Crippen LogP contribution in [0.1, 0.15) is 21.5 Å². The van der Waals surface area contributed by atoms with Crippen LogP contribution in [0.25, 0.3) is 0 Å². The van der Waals surface area contributed by atoms with Crippen molar-refractivity contribution in [3.05, 3.63) is 65.2 Å². The monoisotopic (exact) mass is 416 g/mol. The highest BCUT2D eigenvalue weighted by Gasteiger charge is 2.29. The lowest BCUT2D eigenvalue weighted by atomic mass is 10.1. The van der Waals surface area contributed by atoms with Gasteiger partial charge in [-0.25, -0.2) is 18.4 Å². The zero-order chi connectivity index (χ0) is 21.0. The molecule has 1 aliphatic rings. The van der Waals surface area contributed by atoms with E-state index < -0.39 is 16.1 Å². The molecule has 1 fully saturated rings. The van der Waals surface area contributed by atoms with Crippen LogP contribution >= 0.6 is 0 Å². The third-order valence-electron chi connectivity index (χ3n) is 4.48. The Kier molecular flexibility index (Phi) is 5.95. The summed E-state index contributed by atoms with van der Waals surface area (Å²) in [7, 11) is -3.74. The molecule has 2 aromatic carbocycles. The Morgan fingerprint density at radius 2 is 1.79 bits per heavy atom. The molecular weight excluding hydrogens is 396 g/mol. The third-order valence-corrected chi connectivity index (χ3v) is 5.41. The average molecular weight is 416 g/mol. The predicted octanol–water partition coefficient (Wildman–Crippen LogP) is 0.358. The Hall–Kier alpha value is -3.24. The molecule has 0 aromatic heterocycles. The van der Waals surface area contributed by atoms with Gasteiger partial charge >= 0.3 is 6.03 Å². The molecule has 4 amide bonds. The molecule has 0 aliphatic carbocycles. The molecule has 1 aliphatic heterocycles. The van der Waals surface area contributed by atoms with E-state index >= 15 is 0 Å². The van der Waals surface area contributed by atoms with E-state index in [2.05, 4.69) is 10.6 Å². The standard InChI is InChI=1S/C19H20N4O5S/c20-29(27,28)15-7-5-13(6-8-15)9-10-21-18(25)16-4-2-1-3-14(16)12-23-17(24)11-22-19(23)26/h1-8H,9-12H2,(H,21,25)(H,22,26)(H2,20,27,28). The van der Waals surface area contributed by atoms with Gasteiger partial charge in [0.2, 0.25) is 15.9 Å². The number of imide groups is 1. The Labute approximate surface area is 167 Å². The van der Waals surface area contributed by atoms with Crippen LogP contribution in [0.2, 0.25) is 0 Å². The predicted molar refractivity (Wildman–Crippen MR) is 104 cm³/mol. The van der Waals surface area contributed by atoms with Gasteiger partial charge < -0.3 is 10.6 Å². The van der Waals surface area contributed by atoms with E-state index in [1.54, 1.807) is 36.4 Å². The first kappa shape index (κ1) is 20.5. The summed E-state index contributed by atoms with van der Waals surface area (Å²) in [6.45, 7) is 0.297. The number of primary sulfonamides is 1. The Morgan fingerprint density at radius 1 is 1.10 bits per heavy atom. The van der Waals surface area contributed by atoms with Crippen LogP contribution in [0.4, 0.5) is 4.79 Å². The smallest absolute Gasteiger partial charge is 0.324 e. The minimum Gasteiger partial charge on any atom is -0.352 e. The van der Waals surface area contributed by atoms with Gasteiger partial charge in [-0.1, -0.05) is 30.3 Å². The average Bonchev–Trinajstić information content (AvgIpc) is 3.00. The van der Waals surface area contributed by atoms with Crippen molar-refractivity contribution < 1.29 is 22.8 Å². The van der Waals surface area contributed by atoms with Crippen LogP contribution in [0.3, 0.4) is 0 Å². The van der Waals surface area contributed by atoms with Gasteiger partial charge in [0, 0.05) is 12.1 Å². The van der Waals surface area contributed by atoms with E-state index in [0.717, 1.165) is 10.5 Å². The fraction of sp³-hybridized carbons (Fsp3) is 0.211. The highest BCUT2D eigenvalue weighted by Crippen LogP contribution is 2.14. The van der Waals surface area contributed by atoms with Gasteiger partial charge in [-0.2, -0.15) is 0 Å². The van der Waals surface area contributed by atoms with E-state index in [0.29, 0.717) is 24.1 Å². The molecule has 29 heavy (non-hydrogen) atoms. The molecule has 1 heterocycles. The summed E-state index contributed by atoms with van der Waals surface area (Å²) >= 11 is 0. The van der Waals surface area contributed by atoms with Crippen molar-refractivity contribution in [1.82, 2.24) is 15.5 Å². The minimum absolute atomic E-state index is 0.0171. The normalized spacial score (nSPS) is 14.0. The molecule has 10 heteroatoms. The van der Waals surface area contributed by atoms with E-state index in [1.807, 2.05) is 0 Å². The van der Waals surface area contributed by atoms with Crippen LogP contribution in [0.15, 0.2) is 53.4 Å².